The van der Waals surface area contributed by atoms with Crippen LogP contribution in [0.2, 0.25) is 0 Å². The number of carbonyl (C=O) groups excluding carboxylic acids is 1. The Morgan fingerprint density at radius 2 is 2.00 bits per heavy atom. The highest BCUT2D eigenvalue weighted by atomic mass is 16.5. The van der Waals surface area contributed by atoms with E-state index in [0.717, 1.165) is 12.0 Å². The number of aliphatic carboxylic acids is 1. The SMILES string of the molecule is CC[C@H](C)[C@H](NCc1ccccc1OC(C)=O)C(=O)O. The van der Waals surface area contributed by atoms with E-state index in [1.807, 2.05) is 19.9 Å². The molecule has 1 aromatic rings. The van der Waals surface area contributed by atoms with E-state index in [1.165, 1.54) is 6.92 Å². The summed E-state index contributed by atoms with van der Waals surface area (Å²) in [6.07, 6.45) is 0.773. The van der Waals surface area contributed by atoms with Gasteiger partial charge in [-0.15, -0.1) is 0 Å². The molecule has 5 heteroatoms. The highest BCUT2D eigenvalue weighted by molar-refractivity contribution is 5.74. The van der Waals surface area contributed by atoms with Gasteiger partial charge in [0.25, 0.3) is 0 Å². The first kappa shape index (κ1) is 16.2. The lowest BCUT2D eigenvalue weighted by atomic mass is 9.99. The Balaban J connectivity index is 2.77. The summed E-state index contributed by atoms with van der Waals surface area (Å²) in [5, 5.41) is 12.2. The third kappa shape index (κ3) is 4.66. The van der Waals surface area contributed by atoms with E-state index < -0.39 is 18.0 Å². The molecule has 110 valence electrons. The van der Waals surface area contributed by atoms with Crippen LogP contribution in [-0.4, -0.2) is 23.1 Å². The van der Waals surface area contributed by atoms with Crippen LogP contribution < -0.4 is 10.1 Å². The minimum absolute atomic E-state index is 0.0217. The van der Waals surface area contributed by atoms with Gasteiger partial charge in [-0.3, -0.25) is 14.9 Å². The van der Waals surface area contributed by atoms with Gasteiger partial charge in [0.05, 0.1) is 0 Å². The van der Waals surface area contributed by atoms with Gasteiger partial charge in [-0.1, -0.05) is 38.5 Å². The van der Waals surface area contributed by atoms with Gasteiger partial charge in [-0.05, 0) is 12.0 Å². The predicted octanol–water partition coefficient (Wildman–Crippen LogP) is 2.20. The second kappa shape index (κ2) is 7.65. The van der Waals surface area contributed by atoms with Crippen LogP contribution in [0.4, 0.5) is 0 Å². The van der Waals surface area contributed by atoms with Crippen molar-refractivity contribution in [3.63, 3.8) is 0 Å². The van der Waals surface area contributed by atoms with E-state index in [1.54, 1.807) is 18.2 Å². The molecule has 0 aromatic heterocycles. The lowest BCUT2D eigenvalue weighted by molar-refractivity contribution is -0.141. The average Bonchev–Trinajstić information content (AvgIpc) is 2.39. The maximum absolute atomic E-state index is 11.2. The Kier molecular flexibility index (Phi) is 6.18. The number of hydrogen-bond acceptors (Lipinski definition) is 4. The summed E-state index contributed by atoms with van der Waals surface area (Å²) in [6.45, 7) is 5.52. The normalized spacial score (nSPS) is 13.6. The largest absolute Gasteiger partial charge is 0.480 e. The summed E-state index contributed by atoms with van der Waals surface area (Å²) in [5.41, 5.74) is 0.761. The van der Waals surface area contributed by atoms with Crippen molar-refractivity contribution in [1.29, 1.82) is 0 Å². The van der Waals surface area contributed by atoms with Gasteiger partial charge >= 0.3 is 11.9 Å². The molecule has 0 saturated carbocycles. The van der Waals surface area contributed by atoms with Gasteiger partial charge < -0.3 is 9.84 Å². The van der Waals surface area contributed by atoms with Crippen LogP contribution in [0.25, 0.3) is 0 Å². The number of para-hydroxylation sites is 1. The number of carboxylic acids is 1. The topological polar surface area (TPSA) is 75.6 Å². The summed E-state index contributed by atoms with van der Waals surface area (Å²) in [6, 6.07) is 6.47. The van der Waals surface area contributed by atoms with Crippen LogP contribution in [0.15, 0.2) is 24.3 Å². The highest BCUT2D eigenvalue weighted by Crippen LogP contribution is 2.19. The van der Waals surface area contributed by atoms with E-state index in [2.05, 4.69) is 5.32 Å². The molecule has 2 N–H and O–H groups in total. The highest BCUT2D eigenvalue weighted by Gasteiger charge is 2.23. The molecular weight excluding hydrogens is 258 g/mol. The Labute approximate surface area is 118 Å². The molecule has 0 spiro atoms. The molecule has 0 radical (unpaired) electrons. The lowest BCUT2D eigenvalue weighted by Gasteiger charge is -2.20. The molecule has 0 aliphatic carbocycles. The molecule has 0 unspecified atom stereocenters. The second-order valence-electron chi connectivity index (χ2n) is 4.78. The van der Waals surface area contributed by atoms with E-state index in [0.29, 0.717) is 12.3 Å². The number of benzene rings is 1. The Morgan fingerprint density at radius 3 is 2.55 bits per heavy atom. The van der Waals surface area contributed by atoms with Crippen molar-refractivity contribution >= 4 is 11.9 Å². The fraction of sp³-hybridized carbons (Fsp3) is 0.467. The Morgan fingerprint density at radius 1 is 1.35 bits per heavy atom. The molecule has 1 rings (SSSR count). The van der Waals surface area contributed by atoms with Crippen LogP contribution in [0.5, 0.6) is 5.75 Å². The first-order valence-corrected chi connectivity index (χ1v) is 6.68. The van der Waals surface area contributed by atoms with E-state index in [9.17, 15) is 14.7 Å². The molecule has 0 fully saturated rings. The fourth-order valence-corrected chi connectivity index (χ4v) is 1.89. The molecule has 5 nitrogen and oxygen atoms in total. The summed E-state index contributed by atoms with van der Waals surface area (Å²) in [5.74, 6) is -0.785. The van der Waals surface area contributed by atoms with Gasteiger partial charge in [0.2, 0.25) is 0 Å². The number of ether oxygens (including phenoxy) is 1. The van der Waals surface area contributed by atoms with E-state index >= 15 is 0 Å². The maximum Gasteiger partial charge on any atom is 0.320 e. The number of esters is 1. The lowest BCUT2D eigenvalue weighted by Crippen LogP contribution is -2.41. The van der Waals surface area contributed by atoms with Crippen LogP contribution in [0.1, 0.15) is 32.8 Å². The number of hydrogen-bond donors (Lipinski definition) is 2. The standard InChI is InChI=1S/C15H21NO4/c1-4-10(2)14(15(18)19)16-9-12-7-5-6-8-13(12)20-11(3)17/h5-8,10,14,16H,4,9H2,1-3H3,(H,18,19)/t10-,14-/m0/s1. The Hall–Kier alpha value is -1.88. The molecule has 0 heterocycles. The van der Waals surface area contributed by atoms with Gasteiger partial charge in [-0.2, -0.15) is 0 Å². The zero-order valence-corrected chi connectivity index (χ0v) is 12.1. The third-order valence-corrected chi connectivity index (χ3v) is 3.22. The minimum Gasteiger partial charge on any atom is -0.480 e. The molecule has 0 bridgehead atoms. The Bertz CT molecular complexity index is 473. The fourth-order valence-electron chi connectivity index (χ4n) is 1.89. The monoisotopic (exact) mass is 279 g/mol. The van der Waals surface area contributed by atoms with Crippen molar-refractivity contribution in [3.05, 3.63) is 29.8 Å². The number of nitrogens with one attached hydrogen (secondary N) is 1. The van der Waals surface area contributed by atoms with E-state index in [4.69, 9.17) is 4.74 Å². The van der Waals surface area contributed by atoms with Gasteiger partial charge in [0, 0.05) is 19.0 Å². The first-order valence-electron chi connectivity index (χ1n) is 6.68. The molecule has 0 aliphatic rings. The van der Waals surface area contributed by atoms with Crippen LogP contribution >= 0.6 is 0 Å². The van der Waals surface area contributed by atoms with Crippen molar-refractivity contribution in [3.8, 4) is 5.75 Å². The smallest absolute Gasteiger partial charge is 0.320 e. The van der Waals surface area contributed by atoms with E-state index in [-0.39, 0.29) is 5.92 Å². The molecule has 1 aromatic carbocycles. The zero-order chi connectivity index (χ0) is 15.1. The average molecular weight is 279 g/mol. The molecule has 0 amide bonds. The molecule has 0 saturated heterocycles. The van der Waals surface area contributed by atoms with Crippen molar-refractivity contribution in [2.75, 3.05) is 0 Å². The molecular formula is C15H21NO4. The molecule has 20 heavy (non-hydrogen) atoms. The predicted molar refractivity (Wildman–Crippen MR) is 75.5 cm³/mol. The number of carbonyl (C=O) groups is 2. The summed E-state index contributed by atoms with van der Waals surface area (Å²) in [4.78, 5) is 22.3. The maximum atomic E-state index is 11.2. The first-order chi connectivity index (χ1) is 9.45. The second-order valence-corrected chi connectivity index (χ2v) is 4.78. The summed E-state index contributed by atoms with van der Waals surface area (Å²) in [7, 11) is 0. The number of rotatable bonds is 7. The van der Waals surface area contributed by atoms with Crippen molar-refractivity contribution in [2.24, 2.45) is 5.92 Å². The van der Waals surface area contributed by atoms with Crippen LogP contribution in [-0.2, 0) is 16.1 Å². The third-order valence-electron chi connectivity index (χ3n) is 3.22. The van der Waals surface area contributed by atoms with Crippen molar-refractivity contribution < 1.29 is 19.4 Å². The van der Waals surface area contributed by atoms with Crippen LogP contribution in [0.3, 0.4) is 0 Å². The summed E-state index contributed by atoms with van der Waals surface area (Å²) < 4.78 is 5.10. The van der Waals surface area contributed by atoms with Crippen molar-refractivity contribution in [2.45, 2.75) is 39.8 Å². The minimum atomic E-state index is -0.871. The number of carboxylic acid groups (broad SMARTS) is 1. The molecule has 0 aliphatic heterocycles. The molecule has 2 atom stereocenters. The quantitative estimate of drug-likeness (QED) is 0.591. The summed E-state index contributed by atoms with van der Waals surface area (Å²) >= 11 is 0. The van der Waals surface area contributed by atoms with Crippen molar-refractivity contribution in [1.82, 2.24) is 5.32 Å². The van der Waals surface area contributed by atoms with Gasteiger partial charge in [-0.25, -0.2) is 0 Å². The van der Waals surface area contributed by atoms with Crippen LogP contribution in [0, 0.1) is 5.92 Å². The van der Waals surface area contributed by atoms with Gasteiger partial charge in [0.15, 0.2) is 0 Å². The van der Waals surface area contributed by atoms with Gasteiger partial charge in [0.1, 0.15) is 11.8 Å². The zero-order valence-electron chi connectivity index (χ0n) is 12.1.